The summed E-state index contributed by atoms with van der Waals surface area (Å²) in [6, 6.07) is 3.37. The maximum Gasteiger partial charge on any atom is 0.0672 e. The number of nitrogens with zero attached hydrogens (tertiary/aromatic N) is 2. The third kappa shape index (κ3) is 4.19. The molecule has 0 aromatic rings. The fourth-order valence-corrected chi connectivity index (χ4v) is 3.61. The normalized spacial score (nSPS) is 27.7. The van der Waals surface area contributed by atoms with Gasteiger partial charge in [0, 0.05) is 18.6 Å². The first-order valence-corrected chi connectivity index (χ1v) is 7.97. The average molecular weight is 266 g/mol. The lowest BCUT2D eigenvalue weighted by atomic mass is 9.76. The third-order valence-electron chi connectivity index (χ3n) is 4.86. The molecule has 1 rings (SSSR count). The van der Waals surface area contributed by atoms with Crippen LogP contribution >= 0.6 is 0 Å². The first kappa shape index (κ1) is 16.5. The van der Waals surface area contributed by atoms with Gasteiger partial charge in [-0.25, -0.2) is 0 Å². The van der Waals surface area contributed by atoms with Gasteiger partial charge in [-0.2, -0.15) is 5.26 Å². The Kier molecular flexibility index (Phi) is 7.41. The van der Waals surface area contributed by atoms with Crippen molar-refractivity contribution >= 4 is 0 Å². The van der Waals surface area contributed by atoms with Gasteiger partial charge in [0.25, 0.3) is 0 Å². The van der Waals surface area contributed by atoms with Gasteiger partial charge in [0.1, 0.15) is 0 Å². The molecule has 19 heavy (non-hydrogen) atoms. The minimum Gasteiger partial charge on any atom is -0.395 e. The SMILES string of the molecule is CCC1CCC(C#N)C(N(CCO)C(CC)CC)C1. The van der Waals surface area contributed by atoms with E-state index in [0.29, 0.717) is 18.6 Å². The third-order valence-corrected chi connectivity index (χ3v) is 4.86. The zero-order chi connectivity index (χ0) is 14.3. The first-order chi connectivity index (χ1) is 9.21. The Balaban J connectivity index is 2.85. The average Bonchev–Trinajstić information content (AvgIpc) is 2.46. The van der Waals surface area contributed by atoms with Crippen LogP contribution in [0.2, 0.25) is 0 Å². The monoisotopic (exact) mass is 266 g/mol. The Bertz CT molecular complexity index is 283. The molecule has 0 aromatic heterocycles. The van der Waals surface area contributed by atoms with Crippen LogP contribution in [0, 0.1) is 23.2 Å². The highest BCUT2D eigenvalue weighted by molar-refractivity contribution is 4.98. The summed E-state index contributed by atoms with van der Waals surface area (Å²) < 4.78 is 0. The van der Waals surface area contributed by atoms with Gasteiger partial charge in [-0.15, -0.1) is 0 Å². The fourth-order valence-electron chi connectivity index (χ4n) is 3.61. The van der Waals surface area contributed by atoms with Gasteiger partial charge < -0.3 is 5.11 Å². The Labute approximate surface area is 118 Å². The van der Waals surface area contributed by atoms with E-state index in [9.17, 15) is 10.4 Å². The molecule has 3 nitrogen and oxygen atoms in total. The van der Waals surface area contributed by atoms with Crippen molar-refractivity contribution in [3.05, 3.63) is 0 Å². The molecule has 0 saturated heterocycles. The number of hydrogen-bond acceptors (Lipinski definition) is 3. The van der Waals surface area contributed by atoms with Crippen molar-refractivity contribution in [2.24, 2.45) is 11.8 Å². The zero-order valence-electron chi connectivity index (χ0n) is 12.8. The predicted molar refractivity (Wildman–Crippen MR) is 78.7 cm³/mol. The summed E-state index contributed by atoms with van der Waals surface area (Å²) in [6.07, 6.45) is 6.77. The van der Waals surface area contributed by atoms with Crippen LogP contribution in [0.1, 0.15) is 59.3 Å². The van der Waals surface area contributed by atoms with Crippen molar-refractivity contribution in [2.45, 2.75) is 71.4 Å². The first-order valence-electron chi connectivity index (χ1n) is 7.97. The molecular formula is C16H30N2O. The highest BCUT2D eigenvalue weighted by Crippen LogP contribution is 2.35. The summed E-state index contributed by atoms with van der Waals surface area (Å²) in [5, 5.41) is 18.8. The maximum absolute atomic E-state index is 9.43. The summed E-state index contributed by atoms with van der Waals surface area (Å²) in [4.78, 5) is 2.43. The van der Waals surface area contributed by atoms with Crippen molar-refractivity contribution in [1.29, 1.82) is 5.26 Å². The quantitative estimate of drug-likeness (QED) is 0.770. The second kappa shape index (κ2) is 8.55. The predicted octanol–water partition coefficient (Wildman–Crippen LogP) is 3.19. The lowest BCUT2D eigenvalue weighted by Crippen LogP contribution is -2.50. The lowest BCUT2D eigenvalue weighted by Gasteiger charge is -2.43. The molecule has 0 heterocycles. The summed E-state index contributed by atoms with van der Waals surface area (Å²) in [5.74, 6) is 0.903. The molecular weight excluding hydrogens is 236 g/mol. The second-order valence-corrected chi connectivity index (χ2v) is 5.82. The Morgan fingerprint density at radius 2 is 1.95 bits per heavy atom. The molecule has 3 unspecified atom stereocenters. The minimum absolute atomic E-state index is 0.148. The van der Waals surface area contributed by atoms with Gasteiger partial charge >= 0.3 is 0 Å². The molecule has 0 aliphatic heterocycles. The van der Waals surface area contributed by atoms with E-state index in [2.05, 4.69) is 31.7 Å². The molecule has 1 saturated carbocycles. The summed E-state index contributed by atoms with van der Waals surface area (Å²) in [5.41, 5.74) is 0. The number of rotatable bonds is 7. The van der Waals surface area contributed by atoms with Gasteiger partial charge in [-0.05, 0) is 38.0 Å². The number of aliphatic hydroxyl groups excluding tert-OH is 1. The zero-order valence-corrected chi connectivity index (χ0v) is 12.8. The molecule has 1 aliphatic carbocycles. The molecule has 1 N–H and O–H groups in total. The molecule has 3 heteroatoms. The molecule has 0 bridgehead atoms. The highest BCUT2D eigenvalue weighted by atomic mass is 16.3. The Morgan fingerprint density at radius 1 is 1.26 bits per heavy atom. The fraction of sp³-hybridized carbons (Fsp3) is 0.938. The molecule has 0 radical (unpaired) electrons. The van der Waals surface area contributed by atoms with Crippen LogP contribution in [-0.4, -0.2) is 35.2 Å². The molecule has 0 aromatic carbocycles. The van der Waals surface area contributed by atoms with Gasteiger partial charge in [0.2, 0.25) is 0 Å². The van der Waals surface area contributed by atoms with E-state index in [1.165, 1.54) is 12.8 Å². The van der Waals surface area contributed by atoms with Crippen LogP contribution < -0.4 is 0 Å². The van der Waals surface area contributed by atoms with Gasteiger partial charge in [-0.3, -0.25) is 4.90 Å². The van der Waals surface area contributed by atoms with E-state index in [1.807, 2.05) is 0 Å². The van der Waals surface area contributed by atoms with E-state index in [-0.39, 0.29) is 12.5 Å². The smallest absolute Gasteiger partial charge is 0.0672 e. The Hall–Kier alpha value is -0.590. The minimum atomic E-state index is 0.148. The summed E-state index contributed by atoms with van der Waals surface area (Å²) in [6.45, 7) is 7.58. The molecule has 0 spiro atoms. The number of nitriles is 1. The largest absolute Gasteiger partial charge is 0.395 e. The number of hydrogen-bond donors (Lipinski definition) is 1. The standard InChI is InChI=1S/C16H30N2O/c1-4-13-7-8-14(12-17)16(11-13)18(9-10-19)15(5-2)6-3/h13-16,19H,4-11H2,1-3H3. The summed E-state index contributed by atoms with van der Waals surface area (Å²) in [7, 11) is 0. The van der Waals surface area contributed by atoms with E-state index < -0.39 is 0 Å². The lowest BCUT2D eigenvalue weighted by molar-refractivity contribution is 0.0422. The molecule has 1 fully saturated rings. The summed E-state index contributed by atoms with van der Waals surface area (Å²) >= 11 is 0. The molecule has 0 amide bonds. The van der Waals surface area contributed by atoms with Crippen molar-refractivity contribution in [2.75, 3.05) is 13.2 Å². The highest BCUT2D eigenvalue weighted by Gasteiger charge is 2.35. The van der Waals surface area contributed by atoms with Gasteiger partial charge in [0.15, 0.2) is 0 Å². The van der Waals surface area contributed by atoms with E-state index in [1.54, 1.807) is 0 Å². The van der Waals surface area contributed by atoms with Crippen LogP contribution in [0.15, 0.2) is 0 Å². The molecule has 110 valence electrons. The topological polar surface area (TPSA) is 47.3 Å². The maximum atomic E-state index is 9.43. The van der Waals surface area contributed by atoms with Crippen molar-refractivity contribution in [3.63, 3.8) is 0 Å². The van der Waals surface area contributed by atoms with E-state index in [4.69, 9.17) is 0 Å². The van der Waals surface area contributed by atoms with Gasteiger partial charge in [-0.1, -0.05) is 27.2 Å². The van der Waals surface area contributed by atoms with E-state index in [0.717, 1.165) is 31.6 Å². The van der Waals surface area contributed by atoms with Crippen LogP contribution in [0.25, 0.3) is 0 Å². The number of aliphatic hydroxyl groups is 1. The van der Waals surface area contributed by atoms with Crippen LogP contribution in [0.3, 0.4) is 0 Å². The van der Waals surface area contributed by atoms with Crippen molar-refractivity contribution in [3.8, 4) is 6.07 Å². The van der Waals surface area contributed by atoms with Gasteiger partial charge in [0.05, 0.1) is 18.6 Å². The van der Waals surface area contributed by atoms with Crippen molar-refractivity contribution < 1.29 is 5.11 Å². The van der Waals surface area contributed by atoms with Crippen LogP contribution in [0.4, 0.5) is 0 Å². The van der Waals surface area contributed by atoms with Crippen LogP contribution in [-0.2, 0) is 0 Å². The Morgan fingerprint density at radius 3 is 2.42 bits per heavy atom. The van der Waals surface area contributed by atoms with Crippen molar-refractivity contribution in [1.82, 2.24) is 4.90 Å². The van der Waals surface area contributed by atoms with E-state index >= 15 is 0 Å². The van der Waals surface area contributed by atoms with Crippen LogP contribution in [0.5, 0.6) is 0 Å². The molecule has 1 aliphatic rings. The second-order valence-electron chi connectivity index (χ2n) is 5.82. The molecule has 3 atom stereocenters.